The lowest BCUT2D eigenvalue weighted by molar-refractivity contribution is -0.183. The topological polar surface area (TPSA) is 84.0 Å². The van der Waals surface area contributed by atoms with E-state index in [0.717, 1.165) is 17.4 Å². The number of likely N-dealkylation sites (tertiary alicyclic amines) is 2. The van der Waals surface area contributed by atoms with Crippen LogP contribution in [0.2, 0.25) is 10.0 Å². The lowest BCUT2D eigenvalue weighted by atomic mass is 9.92. The SMILES string of the molecule is CS(=O)(=O)O[C@H]1CC[C@H](N2CC[C@@H](Cc3c(Cl)cc(-c4ccc(C(=O)N5CCC(C(F)(F)F)CC5)cc4)cc3Cl)C2=O)CC1. The smallest absolute Gasteiger partial charge is 0.339 e. The Morgan fingerprint density at radius 2 is 1.50 bits per heavy atom. The third-order valence-electron chi connectivity index (χ3n) is 9.05. The van der Waals surface area contributed by atoms with Crippen LogP contribution in [-0.2, 0) is 25.5 Å². The molecule has 2 aliphatic heterocycles. The number of hydrogen-bond donors (Lipinski definition) is 0. The molecule has 2 heterocycles. The molecule has 7 nitrogen and oxygen atoms in total. The zero-order chi connectivity index (χ0) is 31.8. The number of benzene rings is 2. The van der Waals surface area contributed by atoms with Crippen LogP contribution >= 0.6 is 23.2 Å². The number of halogens is 5. The molecule has 3 fully saturated rings. The number of hydrogen-bond acceptors (Lipinski definition) is 5. The van der Waals surface area contributed by atoms with E-state index in [1.165, 1.54) is 4.90 Å². The summed E-state index contributed by atoms with van der Waals surface area (Å²) in [5.74, 6) is -1.87. The minimum absolute atomic E-state index is 0.0524. The van der Waals surface area contributed by atoms with Crippen molar-refractivity contribution in [2.75, 3.05) is 25.9 Å². The van der Waals surface area contributed by atoms with E-state index >= 15 is 0 Å². The summed E-state index contributed by atoms with van der Waals surface area (Å²) < 4.78 is 66.9. The monoisotopic (exact) mass is 674 g/mol. The van der Waals surface area contributed by atoms with Crippen molar-refractivity contribution in [2.45, 2.75) is 69.7 Å². The van der Waals surface area contributed by atoms with Crippen LogP contribution in [0.15, 0.2) is 36.4 Å². The number of rotatable bonds is 7. The van der Waals surface area contributed by atoms with Crippen LogP contribution in [-0.4, -0.2) is 74.2 Å². The van der Waals surface area contributed by atoms with Crippen molar-refractivity contribution in [2.24, 2.45) is 11.8 Å². The molecule has 240 valence electrons. The van der Waals surface area contributed by atoms with E-state index in [-0.39, 0.29) is 55.8 Å². The van der Waals surface area contributed by atoms with Gasteiger partial charge in [-0.15, -0.1) is 0 Å². The predicted octanol–water partition coefficient (Wildman–Crippen LogP) is 6.75. The van der Waals surface area contributed by atoms with Crippen LogP contribution in [0.25, 0.3) is 11.1 Å². The summed E-state index contributed by atoms with van der Waals surface area (Å²) >= 11 is 13.4. The minimum atomic E-state index is -4.23. The van der Waals surface area contributed by atoms with Crippen molar-refractivity contribution >= 4 is 45.1 Å². The fourth-order valence-corrected chi connectivity index (χ4v) is 7.95. The average molecular weight is 676 g/mol. The lowest BCUT2D eigenvalue weighted by Gasteiger charge is -2.34. The number of carbonyl (C=O) groups is 2. The quantitative estimate of drug-likeness (QED) is 0.303. The van der Waals surface area contributed by atoms with Gasteiger partial charge in [-0.25, -0.2) is 0 Å². The van der Waals surface area contributed by atoms with Gasteiger partial charge in [-0.2, -0.15) is 21.6 Å². The van der Waals surface area contributed by atoms with Crippen molar-refractivity contribution in [3.8, 4) is 11.1 Å². The van der Waals surface area contributed by atoms with Crippen LogP contribution in [0.3, 0.4) is 0 Å². The third-order valence-corrected chi connectivity index (χ3v) is 10.3. The number of carbonyl (C=O) groups excluding carboxylic acids is 2. The van der Waals surface area contributed by atoms with Gasteiger partial charge in [-0.05, 0) is 92.3 Å². The second kappa shape index (κ2) is 13.2. The molecule has 0 radical (unpaired) electrons. The summed E-state index contributed by atoms with van der Waals surface area (Å²) in [6.07, 6.45) is -0.0827. The van der Waals surface area contributed by atoms with E-state index in [1.807, 2.05) is 4.90 Å². The summed E-state index contributed by atoms with van der Waals surface area (Å²) in [5.41, 5.74) is 2.60. The Kier molecular flexibility index (Phi) is 9.90. The maximum Gasteiger partial charge on any atom is 0.391 e. The Hall–Kier alpha value is -2.34. The molecule has 1 aliphatic carbocycles. The van der Waals surface area contributed by atoms with Crippen LogP contribution < -0.4 is 0 Å². The molecule has 3 aliphatic rings. The fourth-order valence-electron chi connectivity index (χ4n) is 6.62. The first-order chi connectivity index (χ1) is 20.7. The van der Waals surface area contributed by atoms with Gasteiger partial charge in [0.15, 0.2) is 0 Å². The number of nitrogens with zero attached hydrogens (tertiary/aromatic N) is 2. The normalized spacial score (nSPS) is 23.8. The van der Waals surface area contributed by atoms with E-state index in [1.54, 1.807) is 36.4 Å². The molecule has 1 atom stereocenters. The third kappa shape index (κ3) is 7.71. The Bertz CT molecular complexity index is 1460. The maximum atomic E-state index is 13.3. The summed E-state index contributed by atoms with van der Waals surface area (Å²) in [5, 5.41) is 0.870. The molecule has 13 heteroatoms. The van der Waals surface area contributed by atoms with Crippen molar-refractivity contribution in [1.29, 1.82) is 0 Å². The second-order valence-corrected chi connectivity index (χ2v) is 14.5. The number of piperidine rings is 1. The van der Waals surface area contributed by atoms with Gasteiger partial charge in [0.05, 0.1) is 18.3 Å². The van der Waals surface area contributed by atoms with Gasteiger partial charge in [0.1, 0.15) is 0 Å². The number of alkyl halides is 3. The highest BCUT2D eigenvalue weighted by atomic mass is 35.5. The highest BCUT2D eigenvalue weighted by Crippen LogP contribution is 2.38. The molecule has 0 N–H and O–H groups in total. The first-order valence-corrected chi connectivity index (χ1v) is 17.4. The molecular weight excluding hydrogens is 640 g/mol. The van der Waals surface area contributed by atoms with Gasteiger partial charge >= 0.3 is 6.18 Å². The largest absolute Gasteiger partial charge is 0.391 e. The van der Waals surface area contributed by atoms with Gasteiger partial charge < -0.3 is 9.80 Å². The molecule has 0 bridgehead atoms. The first-order valence-electron chi connectivity index (χ1n) is 14.8. The highest BCUT2D eigenvalue weighted by Gasteiger charge is 2.42. The molecule has 0 spiro atoms. The van der Waals surface area contributed by atoms with Crippen LogP contribution in [0.4, 0.5) is 13.2 Å². The number of amides is 2. The summed E-state index contributed by atoms with van der Waals surface area (Å²) in [6.45, 7) is 0.769. The van der Waals surface area contributed by atoms with Gasteiger partial charge in [-0.1, -0.05) is 35.3 Å². The van der Waals surface area contributed by atoms with Crippen molar-refractivity contribution in [3.63, 3.8) is 0 Å². The van der Waals surface area contributed by atoms with E-state index in [0.29, 0.717) is 66.2 Å². The van der Waals surface area contributed by atoms with E-state index in [9.17, 15) is 31.2 Å². The van der Waals surface area contributed by atoms with Crippen molar-refractivity contribution in [3.05, 3.63) is 57.6 Å². The Morgan fingerprint density at radius 1 is 0.909 bits per heavy atom. The maximum absolute atomic E-state index is 13.3. The highest BCUT2D eigenvalue weighted by molar-refractivity contribution is 7.86. The Balaban J connectivity index is 1.19. The fraction of sp³-hybridized carbons (Fsp3) is 0.548. The molecule has 44 heavy (non-hydrogen) atoms. The summed E-state index contributed by atoms with van der Waals surface area (Å²) in [4.78, 5) is 29.6. The van der Waals surface area contributed by atoms with E-state index < -0.39 is 22.2 Å². The molecule has 0 aromatic heterocycles. The van der Waals surface area contributed by atoms with Crippen LogP contribution in [0.1, 0.15) is 60.9 Å². The molecule has 0 unspecified atom stereocenters. The zero-order valence-corrected chi connectivity index (χ0v) is 26.6. The second-order valence-electron chi connectivity index (χ2n) is 12.1. The minimum Gasteiger partial charge on any atom is -0.339 e. The van der Waals surface area contributed by atoms with E-state index in [4.69, 9.17) is 27.4 Å². The molecule has 2 aromatic carbocycles. The summed E-state index contributed by atoms with van der Waals surface area (Å²) in [6, 6.07) is 10.4. The van der Waals surface area contributed by atoms with Crippen molar-refractivity contribution < 1.29 is 35.4 Å². The molecule has 5 rings (SSSR count). The Morgan fingerprint density at radius 3 is 2.05 bits per heavy atom. The van der Waals surface area contributed by atoms with Gasteiger partial charge in [0, 0.05) is 47.2 Å². The molecule has 2 amide bonds. The Labute approximate surface area is 265 Å². The van der Waals surface area contributed by atoms with E-state index in [2.05, 4.69) is 0 Å². The zero-order valence-electron chi connectivity index (χ0n) is 24.3. The van der Waals surface area contributed by atoms with Crippen LogP contribution in [0, 0.1) is 11.8 Å². The molecule has 1 saturated carbocycles. The first kappa shape index (κ1) is 33.0. The lowest BCUT2D eigenvalue weighted by Crippen LogP contribution is -2.42. The summed E-state index contributed by atoms with van der Waals surface area (Å²) in [7, 11) is -3.51. The molecule has 2 saturated heterocycles. The van der Waals surface area contributed by atoms with Gasteiger partial charge in [0.2, 0.25) is 5.91 Å². The van der Waals surface area contributed by atoms with Gasteiger partial charge in [0.25, 0.3) is 16.0 Å². The van der Waals surface area contributed by atoms with Crippen LogP contribution in [0.5, 0.6) is 0 Å². The molecule has 2 aromatic rings. The van der Waals surface area contributed by atoms with Gasteiger partial charge in [-0.3, -0.25) is 13.8 Å². The molecular formula is C31H35Cl2F3N2O5S. The standard InChI is InChI=1S/C31H35Cl2F3N2O5S/c1-44(41,42)43-25-8-6-24(7-9-25)38-15-10-21(30(38)40)16-26-27(32)17-22(18-28(26)33)19-2-4-20(5-3-19)29(39)37-13-11-23(12-14-37)31(34,35)36/h2-5,17-18,21,23-25H,6-16H2,1H3/t21-,24-,25-/m0/s1. The predicted molar refractivity (Wildman–Crippen MR) is 162 cm³/mol. The average Bonchev–Trinajstić information content (AvgIpc) is 3.33. The van der Waals surface area contributed by atoms with Crippen molar-refractivity contribution in [1.82, 2.24) is 9.80 Å².